The summed E-state index contributed by atoms with van der Waals surface area (Å²) in [6.07, 6.45) is 6.49. The first-order chi connectivity index (χ1) is 9.66. The summed E-state index contributed by atoms with van der Waals surface area (Å²) in [7, 11) is 0. The summed E-state index contributed by atoms with van der Waals surface area (Å²) in [5.74, 6) is 1.22. The number of hydrogen-bond acceptors (Lipinski definition) is 2. The zero-order chi connectivity index (χ0) is 14.1. The zero-order valence-corrected chi connectivity index (χ0v) is 12.4. The second kappa shape index (κ2) is 5.31. The number of aromatic amines is 1. The fourth-order valence-corrected chi connectivity index (χ4v) is 3.26. The van der Waals surface area contributed by atoms with Crippen LogP contribution in [0, 0.1) is 13.8 Å². The number of aryl methyl sites for hydroxylation is 2. The first-order valence-electron chi connectivity index (χ1n) is 7.58. The van der Waals surface area contributed by atoms with Crippen LogP contribution in [0.1, 0.15) is 54.8 Å². The molecule has 3 rings (SSSR count). The van der Waals surface area contributed by atoms with E-state index in [9.17, 15) is 0 Å². The van der Waals surface area contributed by atoms with Gasteiger partial charge >= 0.3 is 0 Å². The van der Waals surface area contributed by atoms with Gasteiger partial charge in [0, 0.05) is 17.2 Å². The van der Waals surface area contributed by atoms with E-state index in [-0.39, 0.29) is 0 Å². The van der Waals surface area contributed by atoms with Crippen LogP contribution in [0.3, 0.4) is 0 Å². The van der Waals surface area contributed by atoms with E-state index in [1.54, 1.807) is 0 Å². The molecule has 1 saturated carbocycles. The van der Waals surface area contributed by atoms with Crippen molar-refractivity contribution in [3.63, 3.8) is 0 Å². The fourth-order valence-electron chi connectivity index (χ4n) is 3.26. The highest BCUT2D eigenvalue weighted by Gasteiger charge is 2.23. The minimum Gasteiger partial charge on any atom is -0.382 e. The highest BCUT2D eigenvalue weighted by Crippen LogP contribution is 2.39. The predicted molar refractivity (Wildman–Crippen MR) is 83.7 cm³/mol. The summed E-state index contributed by atoms with van der Waals surface area (Å²) >= 11 is 0. The molecule has 20 heavy (non-hydrogen) atoms. The molecule has 1 aliphatic carbocycles. The van der Waals surface area contributed by atoms with Crippen LogP contribution in [0.15, 0.2) is 18.2 Å². The van der Waals surface area contributed by atoms with Crippen molar-refractivity contribution >= 4 is 5.82 Å². The van der Waals surface area contributed by atoms with Crippen molar-refractivity contribution in [3.8, 4) is 11.1 Å². The van der Waals surface area contributed by atoms with E-state index in [4.69, 9.17) is 5.73 Å². The monoisotopic (exact) mass is 269 g/mol. The highest BCUT2D eigenvalue weighted by molar-refractivity contribution is 5.77. The van der Waals surface area contributed by atoms with Crippen molar-refractivity contribution in [2.45, 2.75) is 51.9 Å². The molecule has 0 aliphatic heterocycles. The number of nitrogens with zero attached hydrogens (tertiary/aromatic N) is 1. The van der Waals surface area contributed by atoms with E-state index in [1.807, 2.05) is 0 Å². The van der Waals surface area contributed by atoms with Gasteiger partial charge in [0.05, 0.1) is 0 Å². The predicted octanol–water partition coefficient (Wildman–Crippen LogP) is 4.32. The third-order valence-corrected chi connectivity index (χ3v) is 4.63. The molecule has 0 atom stereocenters. The van der Waals surface area contributed by atoms with Gasteiger partial charge in [-0.05, 0) is 43.4 Å². The van der Waals surface area contributed by atoms with Gasteiger partial charge < -0.3 is 5.73 Å². The third-order valence-electron chi connectivity index (χ3n) is 4.63. The molecule has 1 aromatic carbocycles. The molecule has 1 aliphatic rings. The smallest absolute Gasteiger partial charge is 0.153 e. The molecule has 0 amide bonds. The minimum atomic E-state index is 0.588. The van der Waals surface area contributed by atoms with E-state index >= 15 is 0 Å². The largest absolute Gasteiger partial charge is 0.382 e. The molecule has 3 N–H and O–H groups in total. The summed E-state index contributed by atoms with van der Waals surface area (Å²) in [5, 5.41) is 7.47. The molecule has 0 bridgehead atoms. The summed E-state index contributed by atoms with van der Waals surface area (Å²) in [6, 6.07) is 6.56. The van der Waals surface area contributed by atoms with Gasteiger partial charge in [-0.3, -0.25) is 5.10 Å². The van der Waals surface area contributed by atoms with Crippen LogP contribution in [0.5, 0.6) is 0 Å². The van der Waals surface area contributed by atoms with Gasteiger partial charge in [0.15, 0.2) is 5.82 Å². The average molecular weight is 269 g/mol. The highest BCUT2D eigenvalue weighted by atomic mass is 15.2. The first kappa shape index (κ1) is 13.2. The standard InChI is InChI=1S/C17H23N3/c1-11-8-9-14(10-12(11)2)15-16(19-20-17(15)18)13-6-4-3-5-7-13/h8-10,13H,3-7H2,1-2H3,(H3,18,19,20). The minimum absolute atomic E-state index is 0.588. The maximum Gasteiger partial charge on any atom is 0.153 e. The molecular formula is C17H23N3. The third kappa shape index (κ3) is 2.33. The Kier molecular flexibility index (Phi) is 3.51. The lowest BCUT2D eigenvalue weighted by Crippen LogP contribution is -2.06. The van der Waals surface area contributed by atoms with Crippen molar-refractivity contribution in [2.75, 3.05) is 5.73 Å². The first-order valence-corrected chi connectivity index (χ1v) is 7.58. The molecule has 3 heteroatoms. The van der Waals surface area contributed by atoms with E-state index in [2.05, 4.69) is 42.2 Å². The number of hydrogen-bond donors (Lipinski definition) is 2. The molecule has 0 unspecified atom stereocenters. The summed E-state index contributed by atoms with van der Waals surface area (Å²) in [5.41, 5.74) is 12.3. The Morgan fingerprint density at radius 1 is 1.10 bits per heavy atom. The topological polar surface area (TPSA) is 54.7 Å². The van der Waals surface area contributed by atoms with Gasteiger partial charge in [-0.25, -0.2) is 0 Å². The van der Waals surface area contributed by atoms with Crippen LogP contribution in [0.2, 0.25) is 0 Å². The maximum atomic E-state index is 6.13. The summed E-state index contributed by atoms with van der Waals surface area (Å²) in [6.45, 7) is 4.29. The van der Waals surface area contributed by atoms with Crippen LogP contribution in [-0.2, 0) is 0 Å². The van der Waals surface area contributed by atoms with Crippen molar-refractivity contribution in [1.82, 2.24) is 10.2 Å². The maximum absolute atomic E-state index is 6.13. The van der Waals surface area contributed by atoms with Crippen molar-refractivity contribution in [1.29, 1.82) is 0 Å². The number of H-pyrrole nitrogens is 1. The van der Waals surface area contributed by atoms with Crippen LogP contribution < -0.4 is 5.73 Å². The van der Waals surface area contributed by atoms with Crippen molar-refractivity contribution in [2.24, 2.45) is 0 Å². The Labute approximate surface area is 120 Å². The SMILES string of the molecule is Cc1ccc(-c2c(N)n[nH]c2C2CCCCC2)cc1C. The lowest BCUT2D eigenvalue weighted by Gasteiger charge is -2.21. The molecule has 0 spiro atoms. The summed E-state index contributed by atoms with van der Waals surface area (Å²) in [4.78, 5) is 0. The number of nitrogen functional groups attached to an aromatic ring is 1. The second-order valence-corrected chi connectivity index (χ2v) is 6.03. The van der Waals surface area contributed by atoms with Gasteiger partial charge in [-0.15, -0.1) is 0 Å². The molecule has 106 valence electrons. The number of nitrogens with one attached hydrogen (secondary N) is 1. The van der Waals surface area contributed by atoms with Gasteiger partial charge in [-0.2, -0.15) is 5.10 Å². The van der Waals surface area contributed by atoms with Crippen LogP contribution in [0.4, 0.5) is 5.82 Å². The van der Waals surface area contributed by atoms with Crippen LogP contribution in [-0.4, -0.2) is 10.2 Å². The zero-order valence-electron chi connectivity index (χ0n) is 12.4. The van der Waals surface area contributed by atoms with Crippen molar-refractivity contribution in [3.05, 3.63) is 35.0 Å². The number of rotatable bonds is 2. The number of anilines is 1. The van der Waals surface area contributed by atoms with E-state index < -0.39 is 0 Å². The van der Waals surface area contributed by atoms with E-state index in [1.165, 1.54) is 54.5 Å². The fraction of sp³-hybridized carbons (Fsp3) is 0.471. The molecule has 2 aromatic rings. The van der Waals surface area contributed by atoms with E-state index in [0.29, 0.717) is 11.7 Å². The number of benzene rings is 1. The Morgan fingerprint density at radius 3 is 2.55 bits per heavy atom. The van der Waals surface area contributed by atoms with Gasteiger partial charge in [0.2, 0.25) is 0 Å². The van der Waals surface area contributed by atoms with Gasteiger partial charge in [-0.1, -0.05) is 37.5 Å². The molecular weight excluding hydrogens is 246 g/mol. The van der Waals surface area contributed by atoms with Crippen LogP contribution in [0.25, 0.3) is 11.1 Å². The molecule has 3 nitrogen and oxygen atoms in total. The second-order valence-electron chi connectivity index (χ2n) is 6.03. The Balaban J connectivity index is 2.03. The van der Waals surface area contributed by atoms with Crippen LogP contribution >= 0.6 is 0 Å². The molecule has 0 radical (unpaired) electrons. The summed E-state index contributed by atoms with van der Waals surface area (Å²) < 4.78 is 0. The quantitative estimate of drug-likeness (QED) is 0.853. The molecule has 1 heterocycles. The molecule has 1 aromatic heterocycles. The van der Waals surface area contributed by atoms with Crippen molar-refractivity contribution < 1.29 is 0 Å². The Morgan fingerprint density at radius 2 is 1.85 bits per heavy atom. The van der Waals surface area contributed by atoms with Gasteiger partial charge in [0.1, 0.15) is 0 Å². The van der Waals surface area contributed by atoms with Gasteiger partial charge in [0.25, 0.3) is 0 Å². The number of nitrogens with two attached hydrogens (primary N) is 1. The average Bonchev–Trinajstić information content (AvgIpc) is 2.85. The normalized spacial score (nSPS) is 16.5. The lowest BCUT2D eigenvalue weighted by atomic mass is 9.84. The Hall–Kier alpha value is -1.77. The van der Waals surface area contributed by atoms with E-state index in [0.717, 1.165) is 5.56 Å². The molecule has 1 fully saturated rings. The number of aromatic nitrogens is 2. The lowest BCUT2D eigenvalue weighted by molar-refractivity contribution is 0.437. The Bertz CT molecular complexity index is 607. The molecule has 0 saturated heterocycles.